The number of nitrogens with one attached hydrogen (secondary N) is 4. The van der Waals surface area contributed by atoms with Crippen LogP contribution in [-0.4, -0.2) is 48.4 Å². The molecular weight excluding hydrogens is 404 g/mol. The van der Waals surface area contributed by atoms with E-state index in [1.165, 1.54) is 6.92 Å². The quantitative estimate of drug-likeness (QED) is 0.410. The van der Waals surface area contributed by atoms with Crippen molar-refractivity contribution >= 4 is 23.5 Å². The lowest BCUT2D eigenvalue weighted by atomic mass is 10.0. The standard InChI is InChI=1S/C17H18N4O5.C3H4N2/c1-9(22)21-17(2,3)16(26)19-11-6-4-10(5-7-11)13-18-8-12(15(24)25)14(23)20-13;1-2-5-3-4-1/h4-8H,1-3H3,(H,19,26)(H,21,22)(H,24,25)(H,18,20,23);1-3H,(H,4,5). The lowest BCUT2D eigenvalue weighted by molar-refractivity contribution is -0.128. The highest BCUT2D eigenvalue weighted by atomic mass is 16.4. The van der Waals surface area contributed by atoms with Gasteiger partial charge in [-0.15, -0.1) is 0 Å². The van der Waals surface area contributed by atoms with Gasteiger partial charge in [0.05, 0.1) is 6.33 Å². The Labute approximate surface area is 177 Å². The summed E-state index contributed by atoms with van der Waals surface area (Å²) in [6, 6.07) is 6.42. The number of benzene rings is 1. The molecule has 2 aromatic heterocycles. The van der Waals surface area contributed by atoms with E-state index in [2.05, 4.69) is 30.6 Å². The fourth-order valence-corrected chi connectivity index (χ4v) is 2.40. The average Bonchev–Trinajstić information content (AvgIpc) is 3.27. The molecule has 0 bridgehead atoms. The number of rotatable bonds is 5. The number of imidazole rings is 1. The second-order valence-electron chi connectivity index (χ2n) is 6.88. The van der Waals surface area contributed by atoms with Crippen LogP contribution in [0, 0.1) is 0 Å². The van der Waals surface area contributed by atoms with Crippen molar-refractivity contribution < 1.29 is 19.5 Å². The van der Waals surface area contributed by atoms with Crippen LogP contribution in [0.5, 0.6) is 0 Å². The van der Waals surface area contributed by atoms with Crippen LogP contribution in [0.15, 0.2) is 54.0 Å². The van der Waals surface area contributed by atoms with E-state index < -0.39 is 28.5 Å². The van der Waals surface area contributed by atoms with E-state index in [9.17, 15) is 19.2 Å². The summed E-state index contributed by atoms with van der Waals surface area (Å²) in [6.07, 6.45) is 6.07. The Hall–Kier alpha value is -4.28. The van der Waals surface area contributed by atoms with Crippen molar-refractivity contribution in [3.8, 4) is 11.4 Å². The van der Waals surface area contributed by atoms with Gasteiger partial charge in [-0.05, 0) is 38.1 Å². The number of carboxylic acids is 1. The first-order chi connectivity index (χ1) is 14.6. The number of hydrogen-bond acceptors (Lipinski definition) is 6. The molecule has 0 fully saturated rings. The van der Waals surface area contributed by atoms with Crippen molar-refractivity contribution in [2.75, 3.05) is 5.32 Å². The van der Waals surface area contributed by atoms with E-state index in [1.807, 2.05) is 0 Å². The molecule has 5 N–H and O–H groups in total. The highest BCUT2D eigenvalue weighted by molar-refractivity contribution is 5.99. The predicted octanol–water partition coefficient (Wildman–Crippen LogP) is 1.40. The topological polar surface area (TPSA) is 170 Å². The van der Waals surface area contributed by atoms with E-state index in [1.54, 1.807) is 56.8 Å². The van der Waals surface area contributed by atoms with Crippen LogP contribution in [0.25, 0.3) is 11.4 Å². The smallest absolute Gasteiger partial charge is 0.342 e. The minimum atomic E-state index is -1.36. The number of amides is 2. The van der Waals surface area contributed by atoms with Crippen molar-refractivity contribution in [2.24, 2.45) is 0 Å². The SMILES string of the molecule is CC(=O)NC(C)(C)C(=O)Nc1ccc(-c2ncc(C(=O)O)c(=O)[nH]2)cc1.c1c[nH]cn1. The zero-order chi connectivity index (χ0) is 23.0. The Bertz CT molecular complexity index is 1090. The Morgan fingerprint density at radius 2 is 1.81 bits per heavy atom. The van der Waals surface area contributed by atoms with Crippen LogP contribution in [-0.2, 0) is 9.59 Å². The third kappa shape index (κ3) is 6.63. The van der Waals surface area contributed by atoms with Crippen LogP contribution in [0.2, 0.25) is 0 Å². The van der Waals surface area contributed by atoms with Crippen LogP contribution >= 0.6 is 0 Å². The molecule has 162 valence electrons. The molecule has 0 atom stereocenters. The van der Waals surface area contributed by atoms with Gasteiger partial charge in [-0.25, -0.2) is 14.8 Å². The molecule has 0 saturated heterocycles. The second-order valence-corrected chi connectivity index (χ2v) is 6.88. The predicted molar refractivity (Wildman–Crippen MR) is 112 cm³/mol. The average molecular weight is 426 g/mol. The molecule has 0 aliphatic carbocycles. The number of anilines is 1. The Balaban J connectivity index is 0.000000597. The zero-order valence-corrected chi connectivity index (χ0v) is 17.1. The Morgan fingerprint density at radius 3 is 2.26 bits per heavy atom. The van der Waals surface area contributed by atoms with Crippen LogP contribution < -0.4 is 16.2 Å². The first-order valence-electron chi connectivity index (χ1n) is 9.06. The van der Waals surface area contributed by atoms with Gasteiger partial charge in [0.15, 0.2) is 0 Å². The number of carbonyl (C=O) groups is 3. The third-order valence-electron chi connectivity index (χ3n) is 3.91. The summed E-state index contributed by atoms with van der Waals surface area (Å²) in [5.41, 5.74) is -1.25. The molecule has 0 unspecified atom stereocenters. The fraction of sp³-hybridized carbons (Fsp3) is 0.200. The van der Waals surface area contributed by atoms with Crippen LogP contribution in [0.4, 0.5) is 5.69 Å². The van der Waals surface area contributed by atoms with E-state index in [4.69, 9.17) is 5.11 Å². The number of aromatic carboxylic acids is 1. The lowest BCUT2D eigenvalue weighted by Gasteiger charge is -2.24. The van der Waals surface area contributed by atoms with Crippen molar-refractivity contribution in [3.63, 3.8) is 0 Å². The largest absolute Gasteiger partial charge is 0.477 e. The summed E-state index contributed by atoms with van der Waals surface area (Å²) in [6.45, 7) is 4.49. The molecule has 0 saturated carbocycles. The van der Waals surface area contributed by atoms with Crippen molar-refractivity contribution in [3.05, 3.63) is 65.1 Å². The van der Waals surface area contributed by atoms with Gasteiger partial charge in [-0.3, -0.25) is 14.4 Å². The fourth-order valence-electron chi connectivity index (χ4n) is 2.40. The maximum atomic E-state index is 12.2. The number of nitrogens with zero attached hydrogens (tertiary/aromatic N) is 2. The number of hydrogen-bond donors (Lipinski definition) is 5. The van der Waals surface area contributed by atoms with Gasteiger partial charge in [-0.1, -0.05) is 0 Å². The van der Waals surface area contributed by atoms with Crippen molar-refractivity contribution in [2.45, 2.75) is 26.3 Å². The van der Waals surface area contributed by atoms with Gasteiger partial charge in [0.25, 0.3) is 5.56 Å². The molecule has 1 aromatic carbocycles. The van der Waals surface area contributed by atoms with Gasteiger partial charge < -0.3 is 25.7 Å². The first kappa shape index (κ1) is 23.0. The molecule has 11 heteroatoms. The normalized spacial score (nSPS) is 10.4. The Morgan fingerprint density at radius 1 is 1.13 bits per heavy atom. The molecule has 2 heterocycles. The summed E-state index contributed by atoms with van der Waals surface area (Å²) in [4.78, 5) is 58.6. The summed E-state index contributed by atoms with van der Waals surface area (Å²) in [5, 5.41) is 14.1. The van der Waals surface area contributed by atoms with E-state index >= 15 is 0 Å². The van der Waals surface area contributed by atoms with Gasteiger partial charge in [-0.2, -0.15) is 0 Å². The number of carboxylic acid groups (broad SMARTS) is 1. The summed E-state index contributed by atoms with van der Waals surface area (Å²) in [5.74, 6) is -1.86. The van der Waals surface area contributed by atoms with Crippen molar-refractivity contribution in [1.82, 2.24) is 25.3 Å². The number of aromatic amines is 2. The molecule has 31 heavy (non-hydrogen) atoms. The summed E-state index contributed by atoms with van der Waals surface area (Å²) >= 11 is 0. The highest BCUT2D eigenvalue weighted by Gasteiger charge is 2.28. The third-order valence-corrected chi connectivity index (χ3v) is 3.91. The maximum Gasteiger partial charge on any atom is 0.342 e. The molecule has 11 nitrogen and oxygen atoms in total. The molecule has 2 amide bonds. The van der Waals surface area contributed by atoms with Gasteiger partial charge in [0.1, 0.15) is 16.9 Å². The van der Waals surface area contributed by atoms with E-state index in [0.717, 1.165) is 6.20 Å². The monoisotopic (exact) mass is 426 g/mol. The molecule has 0 spiro atoms. The number of carbonyl (C=O) groups excluding carboxylic acids is 2. The first-order valence-corrected chi connectivity index (χ1v) is 9.06. The molecule has 0 aliphatic rings. The molecular formula is C20H22N6O5. The van der Waals surface area contributed by atoms with E-state index in [-0.39, 0.29) is 11.7 Å². The molecule has 0 aliphatic heterocycles. The van der Waals surface area contributed by atoms with Gasteiger partial charge in [0, 0.05) is 36.8 Å². The van der Waals surface area contributed by atoms with Crippen LogP contribution in [0.1, 0.15) is 31.1 Å². The van der Waals surface area contributed by atoms with Crippen molar-refractivity contribution in [1.29, 1.82) is 0 Å². The second kappa shape index (κ2) is 9.96. The number of H-pyrrole nitrogens is 2. The molecule has 3 rings (SSSR count). The van der Waals surface area contributed by atoms with Gasteiger partial charge in [0.2, 0.25) is 11.8 Å². The van der Waals surface area contributed by atoms with E-state index in [0.29, 0.717) is 11.3 Å². The summed E-state index contributed by atoms with van der Waals surface area (Å²) < 4.78 is 0. The van der Waals surface area contributed by atoms with Crippen LogP contribution in [0.3, 0.4) is 0 Å². The van der Waals surface area contributed by atoms with Gasteiger partial charge >= 0.3 is 5.97 Å². The minimum Gasteiger partial charge on any atom is -0.477 e. The zero-order valence-electron chi connectivity index (χ0n) is 17.1. The lowest BCUT2D eigenvalue weighted by Crippen LogP contribution is -2.51. The molecule has 3 aromatic rings. The highest BCUT2D eigenvalue weighted by Crippen LogP contribution is 2.18. The molecule has 0 radical (unpaired) electrons. The minimum absolute atomic E-state index is 0.205. The maximum absolute atomic E-state index is 12.2. The number of aromatic nitrogens is 4. The Kier molecular flexibility index (Phi) is 7.39. The summed E-state index contributed by atoms with van der Waals surface area (Å²) in [7, 11) is 0.